The van der Waals surface area contributed by atoms with Crippen LogP contribution in [0.5, 0.6) is 0 Å². The van der Waals surface area contributed by atoms with E-state index in [1.54, 1.807) is 12.1 Å². The van der Waals surface area contributed by atoms with Crippen LogP contribution >= 0.6 is 11.8 Å². The van der Waals surface area contributed by atoms with E-state index >= 15 is 0 Å². The zero-order valence-corrected chi connectivity index (χ0v) is 13.2. The molecule has 23 heavy (non-hydrogen) atoms. The van der Waals surface area contributed by atoms with Crippen molar-refractivity contribution in [2.45, 2.75) is 10.8 Å². The van der Waals surface area contributed by atoms with E-state index < -0.39 is 0 Å². The molecule has 0 saturated heterocycles. The molecule has 0 aliphatic carbocycles. The van der Waals surface area contributed by atoms with Crippen LogP contribution in [-0.2, 0) is 10.5 Å². The summed E-state index contributed by atoms with van der Waals surface area (Å²) in [4.78, 5) is 30.6. The van der Waals surface area contributed by atoms with Gasteiger partial charge in [0.15, 0.2) is 5.03 Å². The molecule has 0 bridgehead atoms. The topological polar surface area (TPSA) is 72.0 Å². The third-order valence-electron chi connectivity index (χ3n) is 3.32. The molecule has 0 spiro atoms. The molecule has 5 nitrogen and oxygen atoms in total. The van der Waals surface area contributed by atoms with Crippen molar-refractivity contribution in [1.29, 1.82) is 0 Å². The summed E-state index contributed by atoms with van der Waals surface area (Å²) in [7, 11) is 1.35. The largest absolute Gasteiger partial charge is 0.465 e. The zero-order chi connectivity index (χ0) is 16.2. The van der Waals surface area contributed by atoms with Crippen molar-refractivity contribution in [3.05, 3.63) is 70.0 Å². The SMILES string of the molecule is COC(=O)c1ccc(CSc2nc3ccccc3[nH]c2=O)cc1. The summed E-state index contributed by atoms with van der Waals surface area (Å²) in [5.74, 6) is 0.229. The number of H-pyrrole nitrogens is 1. The molecule has 3 aromatic rings. The molecular weight excluding hydrogens is 312 g/mol. The monoisotopic (exact) mass is 326 g/mol. The number of aromatic nitrogens is 2. The van der Waals surface area contributed by atoms with E-state index in [0.29, 0.717) is 16.3 Å². The normalized spacial score (nSPS) is 10.7. The third-order valence-corrected chi connectivity index (χ3v) is 4.35. The van der Waals surface area contributed by atoms with Gasteiger partial charge in [0.2, 0.25) is 0 Å². The molecule has 1 aromatic heterocycles. The van der Waals surface area contributed by atoms with E-state index in [-0.39, 0.29) is 11.5 Å². The average Bonchev–Trinajstić information content (AvgIpc) is 2.59. The number of carbonyl (C=O) groups excluding carboxylic acids is 1. The van der Waals surface area contributed by atoms with Crippen LogP contribution in [0.1, 0.15) is 15.9 Å². The summed E-state index contributed by atoms with van der Waals surface area (Å²) in [6.45, 7) is 0. The number of rotatable bonds is 4. The first-order chi connectivity index (χ1) is 11.2. The predicted molar refractivity (Wildman–Crippen MR) is 89.7 cm³/mol. The standard InChI is InChI=1S/C17H14N2O3S/c1-22-17(21)12-8-6-11(7-9-12)10-23-16-15(20)18-13-4-2-3-5-14(13)19-16/h2-9H,10H2,1H3,(H,18,20). The van der Waals surface area contributed by atoms with Gasteiger partial charge >= 0.3 is 5.97 Å². The molecule has 1 N–H and O–H groups in total. The predicted octanol–water partition coefficient (Wildman–Crippen LogP) is 3.00. The average molecular weight is 326 g/mol. The highest BCUT2D eigenvalue weighted by Crippen LogP contribution is 2.20. The number of para-hydroxylation sites is 2. The van der Waals surface area contributed by atoms with Crippen LogP contribution in [0, 0.1) is 0 Å². The number of thioether (sulfide) groups is 1. The van der Waals surface area contributed by atoms with Crippen LogP contribution in [0.2, 0.25) is 0 Å². The van der Waals surface area contributed by atoms with Gasteiger partial charge in [-0.2, -0.15) is 0 Å². The number of ether oxygens (including phenoxy) is 1. The van der Waals surface area contributed by atoms with Crippen LogP contribution in [0.4, 0.5) is 0 Å². The fourth-order valence-electron chi connectivity index (χ4n) is 2.12. The van der Waals surface area contributed by atoms with Crippen LogP contribution in [0.3, 0.4) is 0 Å². The maximum Gasteiger partial charge on any atom is 0.337 e. The maximum atomic E-state index is 12.0. The molecular formula is C17H14N2O3S. The quantitative estimate of drug-likeness (QED) is 0.589. The summed E-state index contributed by atoms with van der Waals surface area (Å²) in [6.07, 6.45) is 0. The Morgan fingerprint density at radius 3 is 2.65 bits per heavy atom. The Morgan fingerprint density at radius 2 is 1.91 bits per heavy atom. The van der Waals surface area contributed by atoms with Gasteiger partial charge in [-0.15, -0.1) is 0 Å². The summed E-state index contributed by atoms with van der Waals surface area (Å²) >= 11 is 1.36. The minimum atomic E-state index is -0.364. The second-order valence-corrected chi connectivity index (χ2v) is 5.83. The van der Waals surface area contributed by atoms with Crippen molar-refractivity contribution in [3.63, 3.8) is 0 Å². The van der Waals surface area contributed by atoms with Gasteiger partial charge in [0.1, 0.15) is 0 Å². The van der Waals surface area contributed by atoms with E-state index in [9.17, 15) is 9.59 Å². The number of carbonyl (C=O) groups is 1. The van der Waals surface area contributed by atoms with Gasteiger partial charge in [0.05, 0.1) is 23.7 Å². The summed E-state index contributed by atoms with van der Waals surface area (Å²) in [6, 6.07) is 14.5. The molecule has 3 rings (SSSR count). The lowest BCUT2D eigenvalue weighted by atomic mass is 10.1. The minimum absolute atomic E-state index is 0.195. The molecule has 0 aliphatic rings. The van der Waals surface area contributed by atoms with Crippen molar-refractivity contribution < 1.29 is 9.53 Å². The number of benzene rings is 2. The Bertz CT molecular complexity index is 904. The van der Waals surface area contributed by atoms with Gasteiger partial charge < -0.3 is 9.72 Å². The number of aromatic amines is 1. The lowest BCUT2D eigenvalue weighted by molar-refractivity contribution is 0.0600. The minimum Gasteiger partial charge on any atom is -0.465 e. The second-order valence-electron chi connectivity index (χ2n) is 4.87. The molecule has 0 amide bonds. The van der Waals surface area contributed by atoms with Crippen LogP contribution < -0.4 is 5.56 Å². The van der Waals surface area contributed by atoms with Gasteiger partial charge in [0.25, 0.3) is 5.56 Å². The van der Waals surface area contributed by atoms with Gasteiger partial charge in [-0.3, -0.25) is 4.79 Å². The van der Waals surface area contributed by atoms with Gasteiger partial charge in [-0.25, -0.2) is 9.78 Å². The Labute approximate surface area is 136 Å². The molecule has 0 atom stereocenters. The number of methoxy groups -OCH3 is 1. The fraction of sp³-hybridized carbons (Fsp3) is 0.118. The highest BCUT2D eigenvalue weighted by atomic mass is 32.2. The van der Waals surface area contributed by atoms with E-state index in [0.717, 1.165) is 16.6 Å². The molecule has 0 aliphatic heterocycles. The molecule has 1 heterocycles. The Balaban J connectivity index is 1.76. The number of hydrogen-bond donors (Lipinski definition) is 1. The van der Waals surface area contributed by atoms with E-state index in [1.165, 1.54) is 18.9 Å². The van der Waals surface area contributed by atoms with Crippen molar-refractivity contribution in [2.75, 3.05) is 7.11 Å². The molecule has 2 aromatic carbocycles. The van der Waals surface area contributed by atoms with E-state index in [4.69, 9.17) is 0 Å². The summed E-state index contributed by atoms with van der Waals surface area (Å²) < 4.78 is 4.66. The Kier molecular flexibility index (Phi) is 4.43. The molecule has 0 unspecified atom stereocenters. The Hall–Kier alpha value is -2.60. The second kappa shape index (κ2) is 6.66. The number of nitrogens with zero attached hydrogens (tertiary/aromatic N) is 1. The maximum absolute atomic E-state index is 12.0. The Morgan fingerprint density at radius 1 is 1.17 bits per heavy atom. The van der Waals surface area contributed by atoms with E-state index in [1.807, 2.05) is 36.4 Å². The van der Waals surface area contributed by atoms with Crippen molar-refractivity contribution in [3.8, 4) is 0 Å². The van der Waals surface area contributed by atoms with Crippen LogP contribution in [0.25, 0.3) is 11.0 Å². The van der Waals surface area contributed by atoms with Crippen LogP contribution in [-0.4, -0.2) is 23.0 Å². The van der Waals surface area contributed by atoms with Crippen molar-refractivity contribution >= 4 is 28.8 Å². The first-order valence-corrected chi connectivity index (χ1v) is 7.95. The first kappa shape index (κ1) is 15.3. The van der Waals surface area contributed by atoms with Gasteiger partial charge in [0, 0.05) is 5.75 Å². The lowest BCUT2D eigenvalue weighted by Gasteiger charge is -2.04. The van der Waals surface area contributed by atoms with Crippen molar-refractivity contribution in [2.24, 2.45) is 0 Å². The number of esters is 1. The van der Waals surface area contributed by atoms with Gasteiger partial charge in [-0.1, -0.05) is 36.0 Å². The number of fused-ring (bicyclic) bond motifs is 1. The molecule has 6 heteroatoms. The summed E-state index contributed by atoms with van der Waals surface area (Å²) in [5, 5.41) is 0.431. The number of nitrogens with one attached hydrogen (secondary N) is 1. The highest BCUT2D eigenvalue weighted by molar-refractivity contribution is 7.98. The van der Waals surface area contributed by atoms with Gasteiger partial charge in [-0.05, 0) is 29.8 Å². The number of hydrogen-bond acceptors (Lipinski definition) is 5. The zero-order valence-electron chi connectivity index (χ0n) is 12.4. The smallest absolute Gasteiger partial charge is 0.337 e. The molecule has 0 radical (unpaired) electrons. The lowest BCUT2D eigenvalue weighted by Crippen LogP contribution is -2.10. The van der Waals surface area contributed by atoms with Crippen molar-refractivity contribution in [1.82, 2.24) is 9.97 Å². The molecule has 116 valence electrons. The highest BCUT2D eigenvalue weighted by Gasteiger charge is 2.07. The molecule has 0 saturated carbocycles. The van der Waals surface area contributed by atoms with Crippen LogP contribution in [0.15, 0.2) is 58.4 Å². The first-order valence-electron chi connectivity index (χ1n) is 6.96. The summed E-state index contributed by atoms with van der Waals surface area (Å²) in [5.41, 5.74) is 2.79. The fourth-order valence-corrected chi connectivity index (χ4v) is 2.96. The molecule has 0 fully saturated rings. The van der Waals surface area contributed by atoms with E-state index in [2.05, 4.69) is 14.7 Å². The third kappa shape index (κ3) is 3.43.